The van der Waals surface area contributed by atoms with Crippen LogP contribution in [-0.4, -0.2) is 25.8 Å². The number of hydrogen-bond acceptors (Lipinski definition) is 7. The number of thiocarbonyl (C=S) groups is 1. The summed E-state index contributed by atoms with van der Waals surface area (Å²) in [5.74, 6) is 0. The first-order chi connectivity index (χ1) is 13.4. The number of nitrogens with two attached hydrogens (primary N) is 1. The smallest absolute Gasteiger partial charge is 0.283 e. The van der Waals surface area contributed by atoms with Crippen LogP contribution in [0.4, 0.5) is 5.69 Å². The molecule has 0 saturated carbocycles. The molecule has 0 unspecified atom stereocenters. The van der Waals surface area contributed by atoms with Gasteiger partial charge in [0, 0.05) is 18.7 Å². The Bertz CT molecular complexity index is 1180. The fraction of sp³-hybridized carbons (Fsp3) is 0.0588. The quantitative estimate of drug-likeness (QED) is 0.214. The van der Waals surface area contributed by atoms with E-state index in [-0.39, 0.29) is 16.4 Å². The monoisotopic (exact) mass is 414 g/mol. The predicted molar refractivity (Wildman–Crippen MR) is 112 cm³/mol. The molecule has 3 aromatic rings. The van der Waals surface area contributed by atoms with Gasteiger partial charge in [-0.2, -0.15) is 5.10 Å². The summed E-state index contributed by atoms with van der Waals surface area (Å²) < 4.78 is 1.37. The fourth-order valence-corrected chi connectivity index (χ4v) is 3.39. The number of aromatic nitrogens is 2. The Balaban J connectivity index is 2.00. The first-order valence-corrected chi connectivity index (χ1v) is 9.10. The Morgan fingerprint density at radius 2 is 2.14 bits per heavy atom. The minimum absolute atomic E-state index is 0.0128. The molecular weight excluding hydrogens is 400 g/mol. The van der Waals surface area contributed by atoms with Crippen LogP contribution in [0.25, 0.3) is 10.9 Å². The van der Waals surface area contributed by atoms with Crippen LogP contribution in [0.15, 0.2) is 62.4 Å². The van der Waals surface area contributed by atoms with Gasteiger partial charge in [-0.1, -0.05) is 18.2 Å². The molecule has 0 fully saturated rings. The number of benzene rings is 2. The van der Waals surface area contributed by atoms with Crippen LogP contribution in [0, 0.1) is 10.1 Å². The van der Waals surface area contributed by atoms with E-state index in [9.17, 15) is 14.9 Å². The van der Waals surface area contributed by atoms with Crippen LogP contribution >= 0.6 is 24.0 Å². The van der Waals surface area contributed by atoms with Crippen molar-refractivity contribution >= 4 is 51.9 Å². The number of hydrogen-bond donors (Lipinski definition) is 2. The first kappa shape index (κ1) is 19.5. The summed E-state index contributed by atoms with van der Waals surface area (Å²) >= 11 is 5.68. The molecule has 0 bridgehead atoms. The molecule has 1 heterocycles. The third-order valence-electron chi connectivity index (χ3n) is 3.71. The maximum absolute atomic E-state index is 12.5. The second-order valence-electron chi connectivity index (χ2n) is 5.60. The lowest BCUT2D eigenvalue weighted by atomic mass is 10.2. The minimum Gasteiger partial charge on any atom is -0.375 e. The Kier molecular flexibility index (Phi) is 5.66. The van der Waals surface area contributed by atoms with Crippen molar-refractivity contribution in [3.8, 4) is 0 Å². The summed E-state index contributed by atoms with van der Waals surface area (Å²) in [6.45, 7) is 0. The zero-order chi connectivity index (χ0) is 20.3. The van der Waals surface area contributed by atoms with E-state index in [0.29, 0.717) is 26.5 Å². The van der Waals surface area contributed by atoms with E-state index in [1.54, 1.807) is 43.4 Å². The second kappa shape index (κ2) is 8.15. The third-order valence-corrected chi connectivity index (χ3v) is 4.92. The van der Waals surface area contributed by atoms with Crippen LogP contribution in [0.2, 0.25) is 0 Å². The van der Waals surface area contributed by atoms with Crippen molar-refractivity contribution in [2.75, 3.05) is 0 Å². The third kappa shape index (κ3) is 4.15. The molecule has 0 radical (unpaired) electrons. The molecule has 9 nitrogen and oxygen atoms in total. The van der Waals surface area contributed by atoms with Crippen LogP contribution in [0.3, 0.4) is 0 Å². The number of fused-ring (bicyclic) bond motifs is 1. The van der Waals surface area contributed by atoms with Gasteiger partial charge in [0.2, 0.25) is 0 Å². The highest BCUT2D eigenvalue weighted by atomic mass is 32.2. The van der Waals surface area contributed by atoms with E-state index in [2.05, 4.69) is 27.7 Å². The van der Waals surface area contributed by atoms with E-state index in [0.717, 1.165) is 11.8 Å². The van der Waals surface area contributed by atoms with E-state index in [4.69, 9.17) is 5.73 Å². The molecular formula is C17H14N6O3S2. The summed E-state index contributed by atoms with van der Waals surface area (Å²) in [6, 6.07) is 11.6. The van der Waals surface area contributed by atoms with Crippen molar-refractivity contribution in [1.29, 1.82) is 0 Å². The average molecular weight is 414 g/mol. The fourth-order valence-electron chi connectivity index (χ4n) is 2.40. The number of nitro groups is 1. The topological polar surface area (TPSA) is 128 Å². The van der Waals surface area contributed by atoms with Gasteiger partial charge in [0.25, 0.3) is 11.2 Å². The lowest BCUT2D eigenvalue weighted by Gasteiger charge is -2.09. The average Bonchev–Trinajstić information content (AvgIpc) is 2.66. The molecule has 0 amide bonds. The standard InChI is InChI=1S/C17H14N6O3S2/c1-22-15(24)11-4-2-3-5-12(11)20-17(22)28-14-7-6-10(8-13(14)23(25)26)9-19-21-16(18)27/h2-9H,1H3,(H3,18,21,27)/b19-9-. The van der Waals surface area contributed by atoms with Crippen LogP contribution in [-0.2, 0) is 7.05 Å². The number of hydrazone groups is 1. The molecule has 142 valence electrons. The van der Waals surface area contributed by atoms with E-state index in [1.165, 1.54) is 16.8 Å². The summed E-state index contributed by atoms with van der Waals surface area (Å²) in [5, 5.41) is 16.1. The van der Waals surface area contributed by atoms with Crippen molar-refractivity contribution in [3.63, 3.8) is 0 Å². The van der Waals surface area contributed by atoms with Crippen LogP contribution in [0.1, 0.15) is 5.56 Å². The van der Waals surface area contributed by atoms with Crippen molar-refractivity contribution in [2.45, 2.75) is 10.1 Å². The molecule has 0 aliphatic heterocycles. The maximum Gasteiger partial charge on any atom is 0.283 e. The lowest BCUT2D eigenvalue weighted by Crippen LogP contribution is -2.23. The molecule has 0 saturated heterocycles. The molecule has 0 aliphatic carbocycles. The molecule has 28 heavy (non-hydrogen) atoms. The minimum atomic E-state index is -0.500. The van der Waals surface area contributed by atoms with Gasteiger partial charge in [-0.15, -0.1) is 0 Å². The molecule has 0 spiro atoms. The molecule has 1 aromatic heterocycles. The highest BCUT2D eigenvalue weighted by Gasteiger charge is 2.18. The molecule has 3 N–H and O–H groups in total. The van der Waals surface area contributed by atoms with E-state index < -0.39 is 4.92 Å². The Morgan fingerprint density at radius 3 is 2.86 bits per heavy atom. The normalized spacial score (nSPS) is 11.0. The number of nitro benzene ring substituents is 1. The van der Waals surface area contributed by atoms with Crippen LogP contribution < -0.4 is 16.7 Å². The van der Waals surface area contributed by atoms with Gasteiger partial charge < -0.3 is 5.73 Å². The van der Waals surface area contributed by atoms with Crippen molar-refractivity contribution in [1.82, 2.24) is 15.0 Å². The largest absolute Gasteiger partial charge is 0.375 e. The molecule has 0 atom stereocenters. The van der Waals surface area contributed by atoms with E-state index >= 15 is 0 Å². The van der Waals surface area contributed by atoms with Gasteiger partial charge in [0.05, 0.1) is 26.9 Å². The van der Waals surface area contributed by atoms with Crippen LogP contribution in [0.5, 0.6) is 0 Å². The summed E-state index contributed by atoms with van der Waals surface area (Å²) in [6.07, 6.45) is 1.37. The predicted octanol–water partition coefficient (Wildman–Crippen LogP) is 2.16. The number of nitrogens with one attached hydrogen (secondary N) is 1. The van der Waals surface area contributed by atoms with Gasteiger partial charge >= 0.3 is 0 Å². The van der Waals surface area contributed by atoms with Crippen molar-refractivity contribution in [2.24, 2.45) is 17.9 Å². The van der Waals surface area contributed by atoms with E-state index in [1.807, 2.05) is 0 Å². The maximum atomic E-state index is 12.5. The van der Waals surface area contributed by atoms with Crippen molar-refractivity contribution in [3.05, 3.63) is 68.5 Å². The van der Waals surface area contributed by atoms with Gasteiger partial charge in [0.1, 0.15) is 0 Å². The number of rotatable bonds is 5. The van der Waals surface area contributed by atoms with Crippen molar-refractivity contribution < 1.29 is 4.92 Å². The highest BCUT2D eigenvalue weighted by Crippen LogP contribution is 2.34. The zero-order valence-corrected chi connectivity index (χ0v) is 16.2. The molecule has 2 aromatic carbocycles. The lowest BCUT2D eigenvalue weighted by molar-refractivity contribution is -0.387. The molecule has 11 heteroatoms. The van der Waals surface area contributed by atoms with Gasteiger partial charge in [-0.3, -0.25) is 24.9 Å². The number of nitrogens with zero attached hydrogens (tertiary/aromatic N) is 4. The van der Waals surface area contributed by atoms with Gasteiger partial charge in [-0.05, 0) is 42.2 Å². The summed E-state index contributed by atoms with van der Waals surface area (Å²) in [5.41, 5.74) is 8.32. The molecule has 0 aliphatic rings. The summed E-state index contributed by atoms with van der Waals surface area (Å²) in [7, 11) is 1.58. The SMILES string of the molecule is Cn1c(Sc2ccc(/C=N\NC(N)=S)cc2[N+](=O)[O-])nc2ccccc2c1=O. The van der Waals surface area contributed by atoms with Gasteiger partial charge in [0.15, 0.2) is 10.3 Å². The highest BCUT2D eigenvalue weighted by molar-refractivity contribution is 7.99. The first-order valence-electron chi connectivity index (χ1n) is 7.87. The molecule has 3 rings (SSSR count). The van der Waals surface area contributed by atoms with Gasteiger partial charge in [-0.25, -0.2) is 4.98 Å². The summed E-state index contributed by atoms with van der Waals surface area (Å²) in [4.78, 5) is 28.3. The zero-order valence-electron chi connectivity index (χ0n) is 14.5. The Hall–Kier alpha value is -3.31. The second-order valence-corrected chi connectivity index (χ2v) is 7.05. The number of para-hydroxylation sites is 1. The Labute approximate surface area is 168 Å². The Morgan fingerprint density at radius 1 is 1.39 bits per heavy atom.